The molecular formula is C23H33BN5O2P. The van der Waals surface area contributed by atoms with Gasteiger partial charge in [0, 0.05) is 25.0 Å². The number of rotatable bonds is 4. The molecule has 2 N–H and O–H groups in total. The second-order valence-corrected chi connectivity index (χ2v) is 10.6. The summed E-state index contributed by atoms with van der Waals surface area (Å²) in [5.41, 5.74) is 8.74. The predicted octanol–water partition coefficient (Wildman–Crippen LogP) is 3.99. The van der Waals surface area contributed by atoms with E-state index in [0.29, 0.717) is 23.4 Å². The molecule has 32 heavy (non-hydrogen) atoms. The smallest absolute Gasteiger partial charge is 0.403 e. The molecule has 4 rings (SSSR count). The van der Waals surface area contributed by atoms with Crippen LogP contribution in [0.4, 0.5) is 5.82 Å². The first-order valence-corrected chi connectivity index (χ1v) is 11.9. The molecule has 2 saturated heterocycles. The summed E-state index contributed by atoms with van der Waals surface area (Å²) in [6, 6.07) is 10.5. The van der Waals surface area contributed by atoms with Gasteiger partial charge in [-0.1, -0.05) is 27.6 Å². The molecule has 3 heterocycles. The van der Waals surface area contributed by atoms with Crippen molar-refractivity contribution in [1.29, 1.82) is 5.26 Å². The van der Waals surface area contributed by atoms with Crippen LogP contribution in [-0.4, -0.2) is 45.9 Å². The number of benzene rings is 1. The minimum atomic E-state index is -0.360. The molecule has 0 spiro atoms. The summed E-state index contributed by atoms with van der Waals surface area (Å²) >= 11 is 0. The Morgan fingerprint density at radius 3 is 2.66 bits per heavy atom. The van der Waals surface area contributed by atoms with Crippen molar-refractivity contribution >= 4 is 22.3 Å². The van der Waals surface area contributed by atoms with Gasteiger partial charge in [-0.25, -0.2) is 4.68 Å². The van der Waals surface area contributed by atoms with Gasteiger partial charge in [0.1, 0.15) is 23.1 Å². The van der Waals surface area contributed by atoms with E-state index in [9.17, 15) is 5.26 Å². The van der Waals surface area contributed by atoms with Gasteiger partial charge in [0.2, 0.25) is 0 Å². The maximum absolute atomic E-state index is 9.86. The molecule has 7 nitrogen and oxygen atoms in total. The summed E-state index contributed by atoms with van der Waals surface area (Å²) in [6.45, 7) is 10.1. The number of aromatic nitrogens is 2. The second-order valence-electron chi connectivity index (χ2n) is 9.90. The van der Waals surface area contributed by atoms with E-state index >= 15 is 0 Å². The molecular weight excluding hydrogens is 420 g/mol. The van der Waals surface area contributed by atoms with Crippen molar-refractivity contribution in [1.82, 2.24) is 14.5 Å². The fraction of sp³-hybridized carbons (Fsp3) is 0.565. The van der Waals surface area contributed by atoms with E-state index in [4.69, 9.17) is 20.1 Å². The third-order valence-corrected chi connectivity index (χ3v) is 7.46. The molecule has 2 aliphatic rings. The van der Waals surface area contributed by atoms with Crippen LogP contribution < -0.4 is 5.73 Å². The third kappa shape index (κ3) is 4.45. The molecule has 0 aliphatic carbocycles. The lowest BCUT2D eigenvalue weighted by atomic mass is 9.80. The fourth-order valence-electron chi connectivity index (χ4n) is 4.47. The van der Waals surface area contributed by atoms with Crippen LogP contribution in [0.5, 0.6) is 0 Å². The minimum absolute atomic E-state index is 0.156. The average Bonchev–Trinajstić information content (AvgIpc) is 3.03. The van der Waals surface area contributed by atoms with Crippen LogP contribution in [0.2, 0.25) is 0 Å². The van der Waals surface area contributed by atoms with E-state index in [1.54, 1.807) is 0 Å². The Hall–Kier alpha value is -1.91. The molecule has 0 bridgehead atoms. The van der Waals surface area contributed by atoms with E-state index in [1.807, 2.05) is 16.8 Å². The summed E-state index contributed by atoms with van der Waals surface area (Å²) in [5.74, 6) is 0.448. The normalized spacial score (nSPS) is 23.1. The number of nitrogen functional groups attached to an aromatic ring is 1. The van der Waals surface area contributed by atoms with E-state index in [2.05, 4.69) is 60.0 Å². The zero-order chi connectivity index (χ0) is 23.1. The van der Waals surface area contributed by atoms with Crippen LogP contribution >= 0.6 is 9.39 Å². The summed E-state index contributed by atoms with van der Waals surface area (Å²) in [6.07, 6.45) is 3.90. The molecule has 1 aromatic carbocycles. The molecule has 2 unspecified atom stereocenters. The lowest BCUT2D eigenvalue weighted by Crippen LogP contribution is -2.41. The largest absolute Gasteiger partial charge is 0.462 e. The summed E-state index contributed by atoms with van der Waals surface area (Å²) in [5, 5.41) is 14.7. The lowest BCUT2D eigenvalue weighted by molar-refractivity contribution is 0.00578. The van der Waals surface area contributed by atoms with E-state index in [1.165, 1.54) is 0 Å². The maximum Gasteiger partial charge on any atom is 0.462 e. The predicted molar refractivity (Wildman–Crippen MR) is 131 cm³/mol. The Kier molecular flexibility index (Phi) is 6.39. The first kappa shape index (κ1) is 23.3. The van der Waals surface area contributed by atoms with Crippen molar-refractivity contribution in [2.75, 3.05) is 18.8 Å². The van der Waals surface area contributed by atoms with Crippen LogP contribution in [0.3, 0.4) is 0 Å². The summed E-state index contributed by atoms with van der Waals surface area (Å²) in [4.78, 5) is 0. The monoisotopic (exact) mass is 453 g/mol. The third-order valence-electron chi connectivity index (χ3n) is 6.99. The Balaban J connectivity index is 1.61. The number of nitrogens with two attached hydrogens (primary N) is 1. The molecule has 1 aromatic heterocycles. The fourth-order valence-corrected chi connectivity index (χ4v) is 4.90. The Morgan fingerprint density at radius 2 is 1.97 bits per heavy atom. The highest BCUT2D eigenvalue weighted by molar-refractivity contribution is 7.13. The van der Waals surface area contributed by atoms with Crippen LogP contribution in [0, 0.1) is 11.3 Å². The molecule has 0 amide bonds. The van der Waals surface area contributed by atoms with Crippen molar-refractivity contribution in [2.45, 2.75) is 70.5 Å². The molecule has 2 aromatic rings. The molecule has 0 saturated carbocycles. The van der Waals surface area contributed by atoms with Gasteiger partial charge < -0.3 is 15.0 Å². The van der Waals surface area contributed by atoms with Crippen molar-refractivity contribution in [3.63, 3.8) is 0 Å². The zero-order valence-electron chi connectivity index (χ0n) is 19.5. The quantitative estimate of drug-likeness (QED) is 0.556. The van der Waals surface area contributed by atoms with Gasteiger partial charge in [-0.15, -0.1) is 0 Å². The van der Waals surface area contributed by atoms with Gasteiger partial charge in [-0.3, -0.25) is 4.67 Å². The molecule has 9 heteroatoms. The van der Waals surface area contributed by atoms with Crippen molar-refractivity contribution in [3.8, 4) is 17.3 Å². The van der Waals surface area contributed by atoms with Gasteiger partial charge in [-0.05, 0) is 58.6 Å². The van der Waals surface area contributed by atoms with Crippen molar-refractivity contribution < 1.29 is 9.31 Å². The molecule has 2 aliphatic heterocycles. The Labute approximate surface area is 193 Å². The van der Waals surface area contributed by atoms with Crippen LogP contribution in [0.1, 0.15) is 64.1 Å². The number of hydrogen-bond acceptors (Lipinski definition) is 6. The van der Waals surface area contributed by atoms with E-state index in [0.717, 1.165) is 43.5 Å². The Morgan fingerprint density at radius 1 is 1.25 bits per heavy atom. The summed E-state index contributed by atoms with van der Waals surface area (Å²) < 4.78 is 16.4. The second kappa shape index (κ2) is 8.80. The zero-order valence-corrected chi connectivity index (χ0v) is 20.6. The highest BCUT2D eigenvalue weighted by Crippen LogP contribution is 2.38. The SMILES string of the molecule is CC1(C)OB(Cc2cccc(-c3nn(C4CCCCN(P)C4)c(N)c3C#N)c2)OC1(C)C. The highest BCUT2D eigenvalue weighted by Gasteiger charge is 2.50. The van der Waals surface area contributed by atoms with Crippen LogP contribution in [-0.2, 0) is 15.6 Å². The number of nitriles is 1. The first-order chi connectivity index (χ1) is 15.1. The Bertz CT molecular complexity index is 1020. The first-order valence-electron chi connectivity index (χ1n) is 11.3. The van der Waals surface area contributed by atoms with Crippen molar-refractivity contribution in [3.05, 3.63) is 35.4 Å². The maximum atomic E-state index is 9.86. The molecule has 2 atom stereocenters. The van der Waals surface area contributed by atoms with Crippen molar-refractivity contribution in [2.24, 2.45) is 0 Å². The van der Waals surface area contributed by atoms with Crippen LogP contribution in [0.25, 0.3) is 11.3 Å². The van der Waals surface area contributed by atoms with E-state index < -0.39 is 0 Å². The van der Waals surface area contributed by atoms with E-state index in [-0.39, 0.29) is 24.4 Å². The number of anilines is 1. The van der Waals surface area contributed by atoms with Crippen LogP contribution in [0.15, 0.2) is 24.3 Å². The number of nitrogens with zero attached hydrogens (tertiary/aromatic N) is 4. The molecule has 0 radical (unpaired) electrons. The average molecular weight is 453 g/mol. The molecule has 2 fully saturated rings. The number of hydrogen-bond donors (Lipinski definition) is 1. The molecule has 170 valence electrons. The topological polar surface area (TPSA) is 89.3 Å². The van der Waals surface area contributed by atoms with Gasteiger partial charge in [0.25, 0.3) is 0 Å². The highest BCUT2D eigenvalue weighted by atomic mass is 31.0. The van der Waals surface area contributed by atoms with Gasteiger partial charge in [0.15, 0.2) is 0 Å². The minimum Gasteiger partial charge on any atom is -0.403 e. The van der Waals surface area contributed by atoms with Gasteiger partial charge in [0.05, 0.1) is 17.2 Å². The lowest BCUT2D eigenvalue weighted by Gasteiger charge is -2.32. The van der Waals surface area contributed by atoms with Gasteiger partial charge >= 0.3 is 7.12 Å². The van der Waals surface area contributed by atoms with Gasteiger partial charge in [-0.2, -0.15) is 10.4 Å². The standard InChI is InChI=1S/C23H33BN5O2P/c1-22(2)23(3,4)31-24(30-22)13-16-8-7-9-17(12-16)20-19(14-25)21(26)29(27-20)18-10-5-6-11-28(32)15-18/h7-9,12,18H,5-6,10-11,13,15,26,32H2,1-4H3. The summed E-state index contributed by atoms with van der Waals surface area (Å²) in [7, 11) is 2.48.